The molecule has 124 valence electrons. The molecule has 2 aromatic carbocycles. The maximum Gasteiger partial charge on any atom is 0.270 e. The first kappa shape index (κ1) is 16.9. The molecular weight excluding hydrogens is 386 g/mol. The average molecular weight is 398 g/mol. The van der Waals surface area contributed by atoms with E-state index in [4.69, 9.17) is 4.42 Å². The number of halogens is 1. The van der Waals surface area contributed by atoms with E-state index in [1.807, 2.05) is 30.3 Å². The Bertz CT molecular complexity index is 958. The van der Waals surface area contributed by atoms with Gasteiger partial charge < -0.3 is 4.42 Å². The molecule has 0 saturated heterocycles. The molecule has 0 saturated carbocycles. The molecule has 1 aromatic heterocycles. The molecule has 0 atom stereocenters. The molecule has 0 aliphatic rings. The molecule has 0 N–H and O–H groups in total. The van der Waals surface area contributed by atoms with E-state index in [0.717, 1.165) is 10.0 Å². The van der Waals surface area contributed by atoms with Crippen molar-refractivity contribution >= 4 is 33.5 Å². The maximum absolute atomic E-state index is 12.2. The summed E-state index contributed by atoms with van der Waals surface area (Å²) in [4.78, 5) is 22.4. The van der Waals surface area contributed by atoms with E-state index >= 15 is 0 Å². The number of furan rings is 1. The Balaban J connectivity index is 1.76. The van der Waals surface area contributed by atoms with Crippen molar-refractivity contribution in [2.45, 2.75) is 0 Å². The van der Waals surface area contributed by atoms with Crippen molar-refractivity contribution in [3.63, 3.8) is 0 Å². The Kier molecular flexibility index (Phi) is 4.90. The summed E-state index contributed by atoms with van der Waals surface area (Å²) >= 11 is 3.38. The lowest BCUT2D eigenvalue weighted by Gasteiger charge is -1.97. The number of hydrogen-bond donors (Lipinski definition) is 0. The van der Waals surface area contributed by atoms with E-state index in [-0.39, 0.29) is 17.0 Å². The molecule has 1 heterocycles. The van der Waals surface area contributed by atoms with Crippen molar-refractivity contribution in [2.24, 2.45) is 0 Å². The SMILES string of the molecule is O=C(/C=C/c1ccc(-c2ccc(Br)cc2)o1)c1cccc([N+](=O)[O-])c1. The standard InChI is InChI=1S/C19H12BrNO4/c20-15-6-4-13(5-7-15)19-11-9-17(25-19)8-10-18(22)14-2-1-3-16(12-14)21(23)24/h1-12H/b10-8+. The fourth-order valence-corrected chi connectivity index (χ4v) is 2.50. The summed E-state index contributed by atoms with van der Waals surface area (Å²) in [5.41, 5.74) is 1.06. The smallest absolute Gasteiger partial charge is 0.270 e. The van der Waals surface area contributed by atoms with Gasteiger partial charge in [-0.25, -0.2) is 0 Å². The third-order valence-corrected chi connectivity index (χ3v) is 4.02. The van der Waals surface area contributed by atoms with Gasteiger partial charge in [-0.2, -0.15) is 0 Å². The van der Waals surface area contributed by atoms with Gasteiger partial charge in [-0.1, -0.05) is 40.2 Å². The third-order valence-electron chi connectivity index (χ3n) is 3.50. The highest BCUT2D eigenvalue weighted by atomic mass is 79.9. The zero-order valence-corrected chi connectivity index (χ0v) is 14.5. The van der Waals surface area contributed by atoms with Crippen LogP contribution in [-0.4, -0.2) is 10.7 Å². The van der Waals surface area contributed by atoms with Gasteiger partial charge in [0.1, 0.15) is 11.5 Å². The van der Waals surface area contributed by atoms with Crippen molar-refractivity contribution in [2.75, 3.05) is 0 Å². The predicted molar refractivity (Wildman–Crippen MR) is 98.3 cm³/mol. The number of carbonyl (C=O) groups excluding carboxylic acids is 1. The van der Waals surface area contributed by atoms with Crippen LogP contribution in [0.3, 0.4) is 0 Å². The molecule has 5 nitrogen and oxygen atoms in total. The highest BCUT2D eigenvalue weighted by molar-refractivity contribution is 9.10. The number of rotatable bonds is 5. The summed E-state index contributed by atoms with van der Waals surface area (Å²) < 4.78 is 6.67. The highest BCUT2D eigenvalue weighted by Crippen LogP contribution is 2.24. The molecule has 6 heteroatoms. The van der Waals surface area contributed by atoms with Crippen LogP contribution in [0.5, 0.6) is 0 Å². The zero-order valence-electron chi connectivity index (χ0n) is 12.9. The van der Waals surface area contributed by atoms with Crippen LogP contribution in [0.1, 0.15) is 16.1 Å². The van der Waals surface area contributed by atoms with Crippen LogP contribution in [0.4, 0.5) is 5.69 Å². The number of hydrogen-bond acceptors (Lipinski definition) is 4. The number of nitrogens with zero attached hydrogens (tertiary/aromatic N) is 1. The summed E-state index contributed by atoms with van der Waals surface area (Å²) in [6.45, 7) is 0. The second kappa shape index (κ2) is 7.27. The molecular formula is C19H12BrNO4. The molecule has 25 heavy (non-hydrogen) atoms. The summed E-state index contributed by atoms with van der Waals surface area (Å²) in [5, 5.41) is 10.8. The minimum Gasteiger partial charge on any atom is -0.457 e. The molecule has 0 aliphatic heterocycles. The van der Waals surface area contributed by atoms with Crippen LogP contribution < -0.4 is 0 Å². The number of nitro groups is 1. The number of ketones is 1. The van der Waals surface area contributed by atoms with Crippen molar-refractivity contribution in [3.05, 3.63) is 92.7 Å². The van der Waals surface area contributed by atoms with Crippen molar-refractivity contribution < 1.29 is 14.1 Å². The minimum atomic E-state index is -0.530. The molecule has 0 bridgehead atoms. The number of allylic oxidation sites excluding steroid dienone is 1. The summed E-state index contributed by atoms with van der Waals surface area (Å²) in [6, 6.07) is 16.9. The topological polar surface area (TPSA) is 73.3 Å². The normalized spacial score (nSPS) is 10.9. The van der Waals surface area contributed by atoms with Crippen LogP contribution in [0.15, 0.2) is 75.6 Å². The van der Waals surface area contributed by atoms with E-state index in [2.05, 4.69) is 15.9 Å². The Morgan fingerprint density at radius 2 is 1.84 bits per heavy atom. The quantitative estimate of drug-likeness (QED) is 0.246. The van der Waals surface area contributed by atoms with Gasteiger partial charge in [-0.15, -0.1) is 0 Å². The van der Waals surface area contributed by atoms with E-state index in [1.54, 1.807) is 12.1 Å². The molecule has 0 fully saturated rings. The maximum atomic E-state index is 12.2. The summed E-state index contributed by atoms with van der Waals surface area (Å²) in [5.74, 6) is 0.886. The fourth-order valence-electron chi connectivity index (χ4n) is 2.24. The van der Waals surface area contributed by atoms with Crippen molar-refractivity contribution in [1.29, 1.82) is 0 Å². The van der Waals surface area contributed by atoms with E-state index in [1.165, 1.54) is 30.3 Å². The van der Waals surface area contributed by atoms with Gasteiger partial charge in [0.15, 0.2) is 5.78 Å². The lowest BCUT2D eigenvalue weighted by atomic mass is 10.1. The van der Waals surface area contributed by atoms with E-state index < -0.39 is 4.92 Å². The van der Waals surface area contributed by atoms with Crippen LogP contribution >= 0.6 is 15.9 Å². The molecule has 0 spiro atoms. The lowest BCUT2D eigenvalue weighted by Crippen LogP contribution is -1.96. The number of carbonyl (C=O) groups is 1. The van der Waals surface area contributed by atoms with E-state index in [0.29, 0.717) is 11.5 Å². The van der Waals surface area contributed by atoms with Crippen LogP contribution in [0.2, 0.25) is 0 Å². The van der Waals surface area contributed by atoms with Crippen molar-refractivity contribution in [3.8, 4) is 11.3 Å². The van der Waals surface area contributed by atoms with Gasteiger partial charge in [-0.3, -0.25) is 14.9 Å². The zero-order chi connectivity index (χ0) is 17.8. The first-order valence-corrected chi connectivity index (χ1v) is 8.15. The average Bonchev–Trinajstić information content (AvgIpc) is 3.09. The Hall–Kier alpha value is -2.99. The Morgan fingerprint density at radius 1 is 1.08 bits per heavy atom. The third kappa shape index (κ3) is 4.10. The predicted octanol–water partition coefficient (Wildman–Crippen LogP) is 5.51. The van der Waals surface area contributed by atoms with Gasteiger partial charge in [-0.05, 0) is 36.4 Å². The highest BCUT2D eigenvalue weighted by Gasteiger charge is 2.10. The van der Waals surface area contributed by atoms with Gasteiger partial charge in [0.2, 0.25) is 0 Å². The number of nitro benzene ring substituents is 1. The molecule has 3 aromatic rings. The van der Waals surface area contributed by atoms with Crippen LogP contribution in [0.25, 0.3) is 17.4 Å². The first-order chi connectivity index (χ1) is 12.0. The molecule has 0 unspecified atom stereocenters. The molecule has 3 rings (SSSR count). The van der Waals surface area contributed by atoms with Crippen molar-refractivity contribution in [1.82, 2.24) is 0 Å². The van der Waals surface area contributed by atoms with Crippen LogP contribution in [0, 0.1) is 10.1 Å². The van der Waals surface area contributed by atoms with E-state index in [9.17, 15) is 14.9 Å². The lowest BCUT2D eigenvalue weighted by molar-refractivity contribution is -0.384. The first-order valence-electron chi connectivity index (χ1n) is 7.35. The van der Waals surface area contributed by atoms with Gasteiger partial charge >= 0.3 is 0 Å². The Morgan fingerprint density at radius 3 is 2.56 bits per heavy atom. The van der Waals surface area contributed by atoms with Gasteiger partial charge in [0.05, 0.1) is 4.92 Å². The number of benzene rings is 2. The monoisotopic (exact) mass is 397 g/mol. The largest absolute Gasteiger partial charge is 0.457 e. The summed E-state index contributed by atoms with van der Waals surface area (Å²) in [6.07, 6.45) is 2.88. The minimum absolute atomic E-state index is 0.116. The van der Waals surface area contributed by atoms with Gasteiger partial charge in [0.25, 0.3) is 5.69 Å². The molecule has 0 aliphatic carbocycles. The number of non-ortho nitro benzene ring substituents is 1. The molecule has 0 radical (unpaired) electrons. The second-order valence-electron chi connectivity index (χ2n) is 5.21. The fraction of sp³-hybridized carbons (Fsp3) is 0. The summed E-state index contributed by atoms with van der Waals surface area (Å²) in [7, 11) is 0. The van der Waals surface area contributed by atoms with Crippen LogP contribution in [-0.2, 0) is 0 Å². The Labute approximate surface area is 151 Å². The van der Waals surface area contributed by atoms with Gasteiger partial charge in [0, 0.05) is 27.7 Å². The molecule has 0 amide bonds. The second-order valence-corrected chi connectivity index (χ2v) is 6.13.